The monoisotopic (exact) mass is 389 g/mol. The predicted molar refractivity (Wildman–Crippen MR) is 119 cm³/mol. The first-order valence-electron chi connectivity index (χ1n) is 11.6. The normalized spacial score (nSPS) is 14.4. The fraction of sp³-hybridized carbons (Fsp3) is 0.720. The summed E-state index contributed by atoms with van der Waals surface area (Å²) >= 11 is 0. The van der Waals surface area contributed by atoms with Crippen LogP contribution in [0.1, 0.15) is 97.8 Å². The zero-order chi connectivity index (χ0) is 20.6. The van der Waals surface area contributed by atoms with Gasteiger partial charge in [0, 0.05) is 6.04 Å². The third-order valence-electron chi connectivity index (χ3n) is 5.80. The lowest BCUT2D eigenvalue weighted by Gasteiger charge is -2.26. The Hall–Kier alpha value is -1.35. The minimum atomic E-state index is -0.211. The molecule has 28 heavy (non-hydrogen) atoms. The highest BCUT2D eigenvalue weighted by molar-refractivity contribution is 5.75. The van der Waals surface area contributed by atoms with Gasteiger partial charge in [-0.15, -0.1) is 0 Å². The van der Waals surface area contributed by atoms with E-state index in [1.807, 2.05) is 30.3 Å². The summed E-state index contributed by atoms with van der Waals surface area (Å²) in [5.41, 5.74) is 6.47. The van der Waals surface area contributed by atoms with Crippen LogP contribution in [0.25, 0.3) is 0 Å². The summed E-state index contributed by atoms with van der Waals surface area (Å²) in [5.74, 6) is 0.796. The molecule has 0 saturated heterocycles. The van der Waals surface area contributed by atoms with Crippen LogP contribution in [0.3, 0.4) is 0 Å². The minimum Gasteiger partial charge on any atom is -0.426 e. The van der Waals surface area contributed by atoms with Crippen LogP contribution in [0, 0.1) is 11.8 Å². The van der Waals surface area contributed by atoms with Gasteiger partial charge in [0.25, 0.3) is 0 Å². The van der Waals surface area contributed by atoms with E-state index in [1.54, 1.807) is 0 Å². The van der Waals surface area contributed by atoms with Crippen LogP contribution >= 0.6 is 0 Å². The molecular formula is C25H43NO2. The lowest BCUT2D eigenvalue weighted by molar-refractivity contribution is -0.140. The van der Waals surface area contributed by atoms with Crippen molar-refractivity contribution in [3.05, 3.63) is 30.3 Å². The number of hydrogen-bond acceptors (Lipinski definition) is 3. The average Bonchev–Trinajstić information content (AvgIpc) is 2.71. The Morgan fingerprint density at radius 2 is 1.54 bits per heavy atom. The van der Waals surface area contributed by atoms with Gasteiger partial charge in [-0.2, -0.15) is 0 Å². The average molecular weight is 390 g/mol. The highest BCUT2D eigenvalue weighted by Crippen LogP contribution is 2.27. The van der Waals surface area contributed by atoms with Gasteiger partial charge in [-0.3, -0.25) is 4.79 Å². The number of benzene rings is 1. The second-order valence-corrected chi connectivity index (χ2v) is 8.21. The Bertz CT molecular complexity index is 503. The van der Waals surface area contributed by atoms with E-state index >= 15 is 0 Å². The highest BCUT2D eigenvalue weighted by Gasteiger charge is 2.29. The molecule has 0 bridgehead atoms. The SMILES string of the molecule is CCCCCCCCC(CC)CC(C(=O)Oc1ccccc1)C(N)CCCC. The molecule has 1 rings (SSSR count). The van der Waals surface area contributed by atoms with Crippen molar-refractivity contribution in [1.82, 2.24) is 0 Å². The third kappa shape index (κ3) is 10.3. The number of nitrogens with two attached hydrogens (primary N) is 1. The number of rotatable bonds is 16. The topological polar surface area (TPSA) is 52.3 Å². The first-order chi connectivity index (χ1) is 13.6. The molecule has 3 heteroatoms. The van der Waals surface area contributed by atoms with Crippen LogP contribution in [0.2, 0.25) is 0 Å². The predicted octanol–water partition coefficient (Wildman–Crippen LogP) is 6.89. The van der Waals surface area contributed by atoms with E-state index in [1.165, 1.54) is 44.9 Å². The van der Waals surface area contributed by atoms with Crippen molar-refractivity contribution in [2.45, 2.75) is 104 Å². The van der Waals surface area contributed by atoms with Gasteiger partial charge in [-0.05, 0) is 30.9 Å². The van der Waals surface area contributed by atoms with Crippen molar-refractivity contribution < 1.29 is 9.53 Å². The van der Waals surface area contributed by atoms with Crippen molar-refractivity contribution in [3.8, 4) is 5.75 Å². The summed E-state index contributed by atoms with van der Waals surface area (Å²) in [7, 11) is 0. The number of ether oxygens (including phenoxy) is 1. The number of carbonyl (C=O) groups excluding carboxylic acids is 1. The molecule has 0 spiro atoms. The van der Waals surface area contributed by atoms with Gasteiger partial charge in [0.1, 0.15) is 5.75 Å². The Morgan fingerprint density at radius 1 is 0.893 bits per heavy atom. The summed E-state index contributed by atoms with van der Waals surface area (Å²) in [6, 6.07) is 9.26. The zero-order valence-corrected chi connectivity index (χ0v) is 18.5. The van der Waals surface area contributed by atoms with Gasteiger partial charge in [0.05, 0.1) is 5.92 Å². The maximum Gasteiger partial charge on any atom is 0.315 e. The summed E-state index contributed by atoms with van der Waals surface area (Å²) in [4.78, 5) is 12.9. The standard InChI is InChI=1S/C25H43NO2/c1-4-7-9-10-11-13-16-21(6-3)20-23(24(26)19-8-5-2)25(27)28-22-17-14-12-15-18-22/h12,14-15,17-18,21,23-24H,4-11,13,16,19-20,26H2,1-3H3. The largest absolute Gasteiger partial charge is 0.426 e. The molecule has 2 N–H and O–H groups in total. The number of unbranched alkanes of at least 4 members (excludes halogenated alkanes) is 6. The van der Waals surface area contributed by atoms with Crippen molar-refractivity contribution in [3.63, 3.8) is 0 Å². The summed E-state index contributed by atoms with van der Waals surface area (Å²) in [6.45, 7) is 6.65. The molecule has 0 aromatic heterocycles. The van der Waals surface area contributed by atoms with E-state index in [0.29, 0.717) is 11.7 Å². The first kappa shape index (κ1) is 24.7. The van der Waals surface area contributed by atoms with Gasteiger partial charge >= 0.3 is 5.97 Å². The molecule has 0 aliphatic carbocycles. The number of para-hydroxylation sites is 1. The molecule has 3 atom stereocenters. The Labute approximate surface area is 173 Å². The molecule has 0 saturated carbocycles. The van der Waals surface area contributed by atoms with Crippen LogP contribution < -0.4 is 10.5 Å². The van der Waals surface area contributed by atoms with Crippen molar-refractivity contribution in [2.75, 3.05) is 0 Å². The van der Waals surface area contributed by atoms with E-state index in [-0.39, 0.29) is 17.9 Å². The maximum absolute atomic E-state index is 12.9. The van der Waals surface area contributed by atoms with Crippen LogP contribution in [-0.2, 0) is 4.79 Å². The van der Waals surface area contributed by atoms with E-state index in [4.69, 9.17) is 10.5 Å². The highest BCUT2D eigenvalue weighted by atomic mass is 16.5. The molecule has 1 aromatic carbocycles. The van der Waals surface area contributed by atoms with Crippen molar-refractivity contribution >= 4 is 5.97 Å². The minimum absolute atomic E-state index is 0.116. The van der Waals surface area contributed by atoms with E-state index in [0.717, 1.165) is 32.1 Å². The molecule has 3 nitrogen and oxygen atoms in total. The molecule has 0 aliphatic rings. The van der Waals surface area contributed by atoms with Crippen LogP contribution in [0.5, 0.6) is 5.75 Å². The van der Waals surface area contributed by atoms with Gasteiger partial charge in [-0.1, -0.05) is 103 Å². The quantitative estimate of drug-likeness (QED) is 0.190. The fourth-order valence-electron chi connectivity index (χ4n) is 3.83. The molecule has 0 heterocycles. The number of carbonyl (C=O) groups is 1. The Morgan fingerprint density at radius 3 is 2.18 bits per heavy atom. The van der Waals surface area contributed by atoms with Gasteiger partial charge in [-0.25, -0.2) is 0 Å². The van der Waals surface area contributed by atoms with Gasteiger partial charge in [0.2, 0.25) is 0 Å². The Kier molecular flexibility index (Phi) is 13.7. The van der Waals surface area contributed by atoms with Gasteiger partial charge < -0.3 is 10.5 Å². The number of hydrogen-bond donors (Lipinski definition) is 1. The number of esters is 1. The smallest absolute Gasteiger partial charge is 0.315 e. The van der Waals surface area contributed by atoms with Crippen molar-refractivity contribution in [1.29, 1.82) is 0 Å². The molecule has 0 radical (unpaired) electrons. The second kappa shape index (κ2) is 15.6. The zero-order valence-electron chi connectivity index (χ0n) is 18.5. The van der Waals surface area contributed by atoms with E-state index in [9.17, 15) is 4.79 Å². The second-order valence-electron chi connectivity index (χ2n) is 8.21. The molecular weight excluding hydrogens is 346 g/mol. The lowest BCUT2D eigenvalue weighted by Crippen LogP contribution is -2.39. The van der Waals surface area contributed by atoms with Gasteiger partial charge in [0.15, 0.2) is 0 Å². The fourth-order valence-corrected chi connectivity index (χ4v) is 3.83. The summed E-state index contributed by atoms with van der Waals surface area (Å²) in [5, 5.41) is 0. The van der Waals surface area contributed by atoms with E-state index in [2.05, 4.69) is 20.8 Å². The molecule has 0 fully saturated rings. The van der Waals surface area contributed by atoms with Crippen LogP contribution in [0.15, 0.2) is 30.3 Å². The molecule has 0 amide bonds. The molecule has 160 valence electrons. The third-order valence-corrected chi connectivity index (χ3v) is 5.80. The van der Waals surface area contributed by atoms with E-state index < -0.39 is 0 Å². The van der Waals surface area contributed by atoms with Crippen LogP contribution in [-0.4, -0.2) is 12.0 Å². The van der Waals surface area contributed by atoms with Crippen LogP contribution in [0.4, 0.5) is 0 Å². The molecule has 1 aromatic rings. The lowest BCUT2D eigenvalue weighted by atomic mass is 9.83. The summed E-state index contributed by atoms with van der Waals surface area (Å²) in [6.07, 6.45) is 14.1. The molecule has 3 unspecified atom stereocenters. The maximum atomic E-state index is 12.9. The molecule has 0 aliphatic heterocycles. The first-order valence-corrected chi connectivity index (χ1v) is 11.6. The van der Waals surface area contributed by atoms with Crippen molar-refractivity contribution in [2.24, 2.45) is 17.6 Å². The Balaban J connectivity index is 2.62. The summed E-state index contributed by atoms with van der Waals surface area (Å²) < 4.78 is 5.67.